The Morgan fingerprint density at radius 1 is 1.62 bits per heavy atom. The zero-order chi connectivity index (χ0) is 9.84. The van der Waals surface area contributed by atoms with Gasteiger partial charge >= 0.3 is 0 Å². The number of benzene rings is 1. The Labute approximate surface area is 85.4 Å². The van der Waals surface area contributed by atoms with Gasteiger partial charge in [-0.15, -0.1) is 0 Å². The summed E-state index contributed by atoms with van der Waals surface area (Å²) in [4.78, 5) is 11.2. The van der Waals surface area contributed by atoms with Crippen molar-refractivity contribution < 1.29 is 4.79 Å². The van der Waals surface area contributed by atoms with Crippen LogP contribution in [-0.4, -0.2) is 11.9 Å². The zero-order valence-corrected chi connectivity index (χ0v) is 8.84. The number of amides is 1. The largest absolute Gasteiger partial charge is 0.325 e. The normalized spacial score (nSPS) is 12.2. The van der Waals surface area contributed by atoms with Gasteiger partial charge in [-0.05, 0) is 25.1 Å². The van der Waals surface area contributed by atoms with Crippen LogP contribution in [0.25, 0.3) is 0 Å². The molecule has 13 heavy (non-hydrogen) atoms. The van der Waals surface area contributed by atoms with Crippen molar-refractivity contribution in [2.75, 3.05) is 5.32 Å². The van der Waals surface area contributed by atoms with Gasteiger partial charge in [0.05, 0.1) is 6.04 Å². The number of halogens is 1. The maximum Gasteiger partial charge on any atom is 0.240 e. The van der Waals surface area contributed by atoms with Crippen LogP contribution in [0.15, 0.2) is 28.7 Å². The average molecular weight is 243 g/mol. The number of nitrogens with one attached hydrogen (secondary N) is 1. The second-order valence-corrected chi connectivity index (χ2v) is 3.70. The quantitative estimate of drug-likeness (QED) is 0.831. The Balaban J connectivity index is 2.69. The minimum Gasteiger partial charge on any atom is -0.325 e. The minimum absolute atomic E-state index is 0.182. The fourth-order valence-corrected chi connectivity index (χ4v) is 1.22. The molecule has 1 aromatic rings. The van der Waals surface area contributed by atoms with Crippen molar-refractivity contribution >= 4 is 27.5 Å². The number of anilines is 1. The smallest absolute Gasteiger partial charge is 0.240 e. The summed E-state index contributed by atoms with van der Waals surface area (Å²) < 4.78 is 0.926. The molecular formula is C9H11BrN2O. The molecule has 0 unspecified atom stereocenters. The van der Waals surface area contributed by atoms with Gasteiger partial charge < -0.3 is 11.1 Å². The lowest BCUT2D eigenvalue weighted by Crippen LogP contribution is -2.32. The third-order valence-corrected chi connectivity index (χ3v) is 2.00. The summed E-state index contributed by atoms with van der Waals surface area (Å²) in [5, 5.41) is 2.69. The minimum atomic E-state index is -0.487. The molecule has 0 bridgehead atoms. The third-order valence-electron chi connectivity index (χ3n) is 1.51. The molecule has 70 valence electrons. The van der Waals surface area contributed by atoms with Gasteiger partial charge in [-0.2, -0.15) is 0 Å². The van der Waals surface area contributed by atoms with Gasteiger partial charge in [0.15, 0.2) is 0 Å². The fourth-order valence-electron chi connectivity index (χ4n) is 0.822. The van der Waals surface area contributed by atoms with E-state index >= 15 is 0 Å². The molecule has 0 heterocycles. The second kappa shape index (κ2) is 4.39. The fraction of sp³-hybridized carbons (Fsp3) is 0.222. The molecule has 0 aliphatic rings. The summed E-state index contributed by atoms with van der Waals surface area (Å²) in [7, 11) is 0. The highest BCUT2D eigenvalue weighted by Gasteiger charge is 2.06. The zero-order valence-electron chi connectivity index (χ0n) is 7.25. The monoisotopic (exact) mass is 242 g/mol. The molecule has 1 atom stereocenters. The van der Waals surface area contributed by atoms with Crippen molar-refractivity contribution in [1.82, 2.24) is 0 Å². The first kappa shape index (κ1) is 10.2. The van der Waals surface area contributed by atoms with Crippen LogP contribution in [0.4, 0.5) is 5.69 Å². The molecule has 0 aromatic heterocycles. The SMILES string of the molecule is C[C@H](N)C(=O)Nc1cccc(Br)c1. The van der Waals surface area contributed by atoms with Crippen LogP contribution < -0.4 is 11.1 Å². The molecule has 0 radical (unpaired) electrons. The predicted molar refractivity (Wildman–Crippen MR) is 56.4 cm³/mol. The summed E-state index contributed by atoms with van der Waals surface area (Å²) in [5.41, 5.74) is 6.14. The Hall–Kier alpha value is -0.870. The number of hydrogen-bond acceptors (Lipinski definition) is 2. The van der Waals surface area contributed by atoms with Crippen LogP contribution in [0.3, 0.4) is 0 Å². The summed E-state index contributed by atoms with van der Waals surface area (Å²) in [5.74, 6) is -0.182. The topological polar surface area (TPSA) is 55.1 Å². The molecule has 3 N–H and O–H groups in total. The van der Waals surface area contributed by atoms with E-state index in [1.54, 1.807) is 6.92 Å². The van der Waals surface area contributed by atoms with Gasteiger partial charge in [0.25, 0.3) is 0 Å². The Morgan fingerprint density at radius 3 is 2.85 bits per heavy atom. The highest BCUT2D eigenvalue weighted by Crippen LogP contribution is 2.15. The first-order valence-corrected chi connectivity index (χ1v) is 4.71. The van der Waals surface area contributed by atoms with Crippen LogP contribution in [0, 0.1) is 0 Å². The van der Waals surface area contributed by atoms with Gasteiger partial charge in [-0.25, -0.2) is 0 Å². The number of hydrogen-bond donors (Lipinski definition) is 2. The molecular weight excluding hydrogens is 232 g/mol. The van der Waals surface area contributed by atoms with E-state index in [0.29, 0.717) is 0 Å². The predicted octanol–water partition coefficient (Wildman–Crippen LogP) is 1.73. The number of carbonyl (C=O) groups is 1. The molecule has 4 heteroatoms. The van der Waals surface area contributed by atoms with E-state index in [4.69, 9.17) is 5.73 Å². The van der Waals surface area contributed by atoms with Crippen LogP contribution in [0.1, 0.15) is 6.92 Å². The Bertz CT molecular complexity index is 312. The lowest BCUT2D eigenvalue weighted by atomic mass is 10.3. The molecule has 0 spiro atoms. The number of rotatable bonds is 2. The number of carbonyl (C=O) groups excluding carboxylic acids is 1. The van der Waals surface area contributed by atoms with Gasteiger partial charge in [-0.3, -0.25) is 4.79 Å². The summed E-state index contributed by atoms with van der Waals surface area (Å²) in [6.07, 6.45) is 0. The van der Waals surface area contributed by atoms with Crippen molar-refractivity contribution in [3.63, 3.8) is 0 Å². The van der Waals surface area contributed by atoms with E-state index in [1.165, 1.54) is 0 Å². The molecule has 0 aliphatic heterocycles. The van der Waals surface area contributed by atoms with Crippen molar-refractivity contribution in [2.45, 2.75) is 13.0 Å². The Morgan fingerprint density at radius 2 is 2.31 bits per heavy atom. The third kappa shape index (κ3) is 3.16. The van der Waals surface area contributed by atoms with E-state index < -0.39 is 6.04 Å². The first-order chi connectivity index (χ1) is 6.09. The maximum absolute atomic E-state index is 11.2. The summed E-state index contributed by atoms with van der Waals surface area (Å²) in [6.45, 7) is 1.65. The lowest BCUT2D eigenvalue weighted by Gasteiger charge is -2.07. The van der Waals surface area contributed by atoms with Crippen LogP contribution in [0.5, 0.6) is 0 Å². The maximum atomic E-state index is 11.2. The molecule has 0 saturated heterocycles. The van der Waals surface area contributed by atoms with E-state index in [9.17, 15) is 4.79 Å². The molecule has 0 saturated carbocycles. The standard InChI is InChI=1S/C9H11BrN2O/c1-6(11)9(13)12-8-4-2-3-7(10)5-8/h2-6H,11H2,1H3,(H,12,13)/t6-/m0/s1. The van der Waals surface area contributed by atoms with Crippen LogP contribution in [0.2, 0.25) is 0 Å². The Kier molecular flexibility index (Phi) is 3.45. The van der Waals surface area contributed by atoms with E-state index in [-0.39, 0.29) is 5.91 Å². The van der Waals surface area contributed by atoms with Crippen molar-refractivity contribution in [3.05, 3.63) is 28.7 Å². The van der Waals surface area contributed by atoms with Gasteiger partial charge in [-0.1, -0.05) is 22.0 Å². The molecule has 0 fully saturated rings. The van der Waals surface area contributed by atoms with Crippen molar-refractivity contribution in [3.8, 4) is 0 Å². The number of nitrogens with two attached hydrogens (primary N) is 1. The van der Waals surface area contributed by atoms with E-state index in [2.05, 4.69) is 21.2 Å². The van der Waals surface area contributed by atoms with Gasteiger partial charge in [0, 0.05) is 10.2 Å². The van der Waals surface area contributed by atoms with Crippen LogP contribution >= 0.6 is 15.9 Å². The summed E-state index contributed by atoms with van der Waals surface area (Å²) >= 11 is 3.31. The molecule has 3 nitrogen and oxygen atoms in total. The highest BCUT2D eigenvalue weighted by molar-refractivity contribution is 9.10. The highest BCUT2D eigenvalue weighted by atomic mass is 79.9. The molecule has 1 aromatic carbocycles. The van der Waals surface area contributed by atoms with Crippen molar-refractivity contribution in [1.29, 1.82) is 0 Å². The molecule has 0 aliphatic carbocycles. The van der Waals surface area contributed by atoms with Gasteiger partial charge in [0.1, 0.15) is 0 Å². The first-order valence-electron chi connectivity index (χ1n) is 3.91. The molecule has 1 rings (SSSR count). The van der Waals surface area contributed by atoms with Crippen LogP contribution in [-0.2, 0) is 4.79 Å². The summed E-state index contributed by atoms with van der Waals surface area (Å²) in [6, 6.07) is 6.88. The lowest BCUT2D eigenvalue weighted by molar-refractivity contribution is -0.117. The average Bonchev–Trinajstić information content (AvgIpc) is 2.04. The second-order valence-electron chi connectivity index (χ2n) is 2.79. The molecule has 1 amide bonds. The van der Waals surface area contributed by atoms with Gasteiger partial charge in [0.2, 0.25) is 5.91 Å². The van der Waals surface area contributed by atoms with Crippen molar-refractivity contribution in [2.24, 2.45) is 5.73 Å². The van der Waals surface area contributed by atoms with E-state index in [0.717, 1.165) is 10.2 Å². The van der Waals surface area contributed by atoms with E-state index in [1.807, 2.05) is 24.3 Å².